The monoisotopic (exact) mass is 415 g/mol. The second kappa shape index (κ2) is 7.91. The highest BCUT2D eigenvalue weighted by atomic mass is 16.5. The molecule has 1 aliphatic carbocycles. The first kappa shape index (κ1) is 19.4. The quantitative estimate of drug-likeness (QED) is 0.440. The van der Waals surface area contributed by atoms with Crippen molar-refractivity contribution in [1.29, 1.82) is 0 Å². The molecule has 1 aliphatic rings. The number of anilines is 2. The standard InChI is InChI=1S/C24H25N5O2/c1-28-15-17(12-26-28)21-13-25-19-10-9-18(11-20(19)27-21)29(14-16-7-8-16)22-5-4-6-23(30-2)24(22)31-3/h4-6,9-13,15-16H,7-8,14H2,1-3H3. The van der Waals surface area contributed by atoms with Crippen LogP contribution in [-0.2, 0) is 7.05 Å². The Bertz CT molecular complexity index is 1230. The molecule has 158 valence electrons. The van der Waals surface area contributed by atoms with Crippen LogP contribution in [-0.4, -0.2) is 40.5 Å². The minimum atomic E-state index is 0.680. The zero-order chi connectivity index (χ0) is 21.4. The molecular formula is C24H25N5O2. The fourth-order valence-electron chi connectivity index (χ4n) is 3.84. The Labute approximate surface area is 181 Å². The van der Waals surface area contributed by atoms with Crippen LogP contribution in [0.3, 0.4) is 0 Å². The summed E-state index contributed by atoms with van der Waals surface area (Å²) < 4.78 is 13.0. The fraction of sp³-hybridized carbons (Fsp3) is 0.292. The number of fused-ring (bicyclic) bond motifs is 1. The van der Waals surface area contributed by atoms with Crippen LogP contribution in [0.25, 0.3) is 22.3 Å². The maximum atomic E-state index is 5.73. The number of aryl methyl sites for hydroxylation is 1. The van der Waals surface area contributed by atoms with Crippen LogP contribution >= 0.6 is 0 Å². The molecule has 1 fully saturated rings. The van der Waals surface area contributed by atoms with E-state index in [2.05, 4.69) is 33.2 Å². The number of methoxy groups -OCH3 is 2. The third-order valence-electron chi connectivity index (χ3n) is 5.65. The summed E-state index contributed by atoms with van der Waals surface area (Å²) in [4.78, 5) is 11.8. The van der Waals surface area contributed by atoms with Crippen LogP contribution in [0, 0.1) is 5.92 Å². The van der Waals surface area contributed by atoms with Crippen LogP contribution in [0.2, 0.25) is 0 Å². The van der Waals surface area contributed by atoms with Gasteiger partial charge in [0.2, 0.25) is 0 Å². The molecule has 31 heavy (non-hydrogen) atoms. The molecule has 0 amide bonds. The SMILES string of the molecule is COc1cccc(N(CC2CC2)c2ccc3ncc(-c4cnn(C)c4)nc3c2)c1OC. The normalized spacial score (nSPS) is 13.4. The van der Waals surface area contributed by atoms with E-state index < -0.39 is 0 Å². The molecule has 5 rings (SSSR count). The van der Waals surface area contributed by atoms with Gasteiger partial charge in [0.1, 0.15) is 0 Å². The van der Waals surface area contributed by atoms with Gasteiger partial charge in [-0.25, -0.2) is 4.98 Å². The maximum Gasteiger partial charge on any atom is 0.184 e. The van der Waals surface area contributed by atoms with Crippen LogP contribution in [0.1, 0.15) is 12.8 Å². The summed E-state index contributed by atoms with van der Waals surface area (Å²) in [6, 6.07) is 12.2. The van der Waals surface area contributed by atoms with E-state index in [1.807, 2.05) is 31.4 Å². The van der Waals surface area contributed by atoms with Gasteiger partial charge in [0.15, 0.2) is 11.5 Å². The van der Waals surface area contributed by atoms with Gasteiger partial charge in [-0.1, -0.05) is 6.07 Å². The van der Waals surface area contributed by atoms with Crippen molar-refractivity contribution in [3.63, 3.8) is 0 Å². The number of hydrogen-bond acceptors (Lipinski definition) is 6. The van der Waals surface area contributed by atoms with Crippen LogP contribution in [0.15, 0.2) is 55.0 Å². The number of rotatable bonds is 7. The number of nitrogens with zero attached hydrogens (tertiary/aromatic N) is 5. The summed E-state index contributed by atoms with van der Waals surface area (Å²) in [6.07, 6.45) is 8.05. The highest BCUT2D eigenvalue weighted by Gasteiger charge is 2.27. The van der Waals surface area contributed by atoms with E-state index in [1.54, 1.807) is 31.3 Å². The van der Waals surface area contributed by atoms with Crippen molar-refractivity contribution in [3.05, 3.63) is 55.0 Å². The topological polar surface area (TPSA) is 65.3 Å². The predicted molar refractivity (Wildman–Crippen MR) is 121 cm³/mol. The lowest BCUT2D eigenvalue weighted by atomic mass is 10.1. The fourth-order valence-corrected chi connectivity index (χ4v) is 3.84. The summed E-state index contributed by atoms with van der Waals surface area (Å²) in [5.41, 5.74) is 5.52. The van der Waals surface area contributed by atoms with Crippen LogP contribution in [0.4, 0.5) is 11.4 Å². The van der Waals surface area contributed by atoms with E-state index in [-0.39, 0.29) is 0 Å². The summed E-state index contributed by atoms with van der Waals surface area (Å²) in [5.74, 6) is 2.14. The lowest BCUT2D eigenvalue weighted by Gasteiger charge is -2.27. The molecule has 0 bridgehead atoms. The number of benzene rings is 2. The molecule has 2 heterocycles. The van der Waals surface area contributed by atoms with Crippen molar-refractivity contribution in [2.24, 2.45) is 13.0 Å². The van der Waals surface area contributed by atoms with E-state index in [4.69, 9.17) is 14.5 Å². The van der Waals surface area contributed by atoms with Gasteiger partial charge in [0.25, 0.3) is 0 Å². The second-order valence-corrected chi connectivity index (χ2v) is 7.90. The molecule has 1 saturated carbocycles. The van der Waals surface area contributed by atoms with Crippen LogP contribution < -0.4 is 14.4 Å². The maximum absolute atomic E-state index is 5.73. The van der Waals surface area contributed by atoms with E-state index >= 15 is 0 Å². The van der Waals surface area contributed by atoms with Gasteiger partial charge in [0, 0.05) is 31.0 Å². The Kier molecular flexibility index (Phi) is 4.94. The zero-order valence-electron chi connectivity index (χ0n) is 17.9. The third kappa shape index (κ3) is 3.79. The van der Waals surface area contributed by atoms with Gasteiger partial charge in [-0.05, 0) is 49.1 Å². The molecule has 0 spiro atoms. The Balaban J connectivity index is 1.60. The number of ether oxygens (including phenoxy) is 2. The van der Waals surface area contributed by atoms with Gasteiger partial charge in [-0.2, -0.15) is 5.10 Å². The summed E-state index contributed by atoms with van der Waals surface area (Å²) in [6.45, 7) is 0.921. The zero-order valence-corrected chi connectivity index (χ0v) is 17.9. The highest BCUT2D eigenvalue weighted by Crippen LogP contribution is 2.43. The van der Waals surface area contributed by atoms with Crippen molar-refractivity contribution < 1.29 is 9.47 Å². The molecule has 0 unspecified atom stereocenters. The Morgan fingerprint density at radius 2 is 1.94 bits per heavy atom. The van der Waals surface area contributed by atoms with Crippen molar-refractivity contribution in [2.75, 3.05) is 25.7 Å². The molecule has 2 aromatic heterocycles. The molecule has 0 N–H and O–H groups in total. The molecule has 4 aromatic rings. The highest BCUT2D eigenvalue weighted by molar-refractivity contribution is 5.83. The van der Waals surface area contributed by atoms with Crippen molar-refractivity contribution >= 4 is 22.4 Å². The first-order valence-corrected chi connectivity index (χ1v) is 10.4. The smallest absolute Gasteiger partial charge is 0.184 e. The van der Waals surface area contributed by atoms with Gasteiger partial charge in [-0.15, -0.1) is 0 Å². The summed E-state index contributed by atoms with van der Waals surface area (Å²) in [7, 11) is 5.24. The van der Waals surface area contributed by atoms with E-state index in [1.165, 1.54) is 12.8 Å². The molecule has 0 aliphatic heterocycles. The molecule has 0 radical (unpaired) electrons. The van der Waals surface area contributed by atoms with Crippen LogP contribution in [0.5, 0.6) is 11.5 Å². The molecule has 0 saturated heterocycles. The van der Waals surface area contributed by atoms with Gasteiger partial charge in [-0.3, -0.25) is 9.67 Å². The Morgan fingerprint density at radius 3 is 2.65 bits per heavy atom. The first-order chi connectivity index (χ1) is 15.2. The van der Waals surface area contributed by atoms with Gasteiger partial charge >= 0.3 is 0 Å². The van der Waals surface area contributed by atoms with Gasteiger partial charge in [0.05, 0.1) is 49.0 Å². The Morgan fingerprint density at radius 1 is 1.06 bits per heavy atom. The average Bonchev–Trinajstić information content (AvgIpc) is 3.53. The minimum absolute atomic E-state index is 0.680. The van der Waals surface area contributed by atoms with Crippen molar-refractivity contribution in [1.82, 2.24) is 19.7 Å². The molecule has 7 nitrogen and oxygen atoms in total. The summed E-state index contributed by atoms with van der Waals surface area (Å²) >= 11 is 0. The lowest BCUT2D eigenvalue weighted by molar-refractivity contribution is 0.355. The number of aromatic nitrogens is 4. The van der Waals surface area contributed by atoms with E-state index in [0.717, 1.165) is 51.7 Å². The minimum Gasteiger partial charge on any atom is -0.493 e. The van der Waals surface area contributed by atoms with E-state index in [0.29, 0.717) is 5.92 Å². The van der Waals surface area contributed by atoms with E-state index in [9.17, 15) is 0 Å². The molecule has 0 atom stereocenters. The summed E-state index contributed by atoms with van der Waals surface area (Å²) in [5, 5.41) is 4.25. The predicted octanol–water partition coefficient (Wildman–Crippen LogP) is 4.60. The number of para-hydroxylation sites is 1. The van der Waals surface area contributed by atoms with Crippen molar-refractivity contribution in [2.45, 2.75) is 12.8 Å². The first-order valence-electron chi connectivity index (χ1n) is 10.4. The second-order valence-electron chi connectivity index (χ2n) is 7.90. The third-order valence-corrected chi connectivity index (χ3v) is 5.65. The van der Waals surface area contributed by atoms with Crippen molar-refractivity contribution in [3.8, 4) is 22.8 Å². The molecule has 7 heteroatoms. The lowest BCUT2D eigenvalue weighted by Crippen LogP contribution is -2.20. The largest absolute Gasteiger partial charge is 0.493 e. The molecule has 2 aromatic carbocycles. The molecular weight excluding hydrogens is 390 g/mol. The average molecular weight is 415 g/mol. The Hall–Kier alpha value is -3.61. The van der Waals surface area contributed by atoms with Gasteiger partial charge < -0.3 is 14.4 Å². The number of hydrogen-bond donors (Lipinski definition) is 0.